The predicted molar refractivity (Wildman–Crippen MR) is 15.1 cm³/mol. The number of rotatable bonds is 0. The molecule has 0 aromatic heterocycles. The van der Waals surface area contributed by atoms with Gasteiger partial charge in [0.15, 0.2) is 13.8 Å². The molecule has 0 aliphatic heterocycles. The molecule has 0 saturated heterocycles. The van der Waals surface area contributed by atoms with E-state index in [1.807, 2.05) is 0 Å². The molecule has 0 aliphatic carbocycles. The van der Waals surface area contributed by atoms with Crippen LogP contribution in [0.25, 0.3) is 0 Å². The third-order valence-corrected chi connectivity index (χ3v) is 0. The average molecular weight is 60.1 g/mol. The minimum Gasteiger partial charge on any atom is -0.292 e. The van der Waals surface area contributed by atoms with Crippen LogP contribution in [0.1, 0.15) is 0 Å². The zero-order valence-electron chi connectivity index (χ0n) is 2.60. The Morgan fingerprint density at radius 1 is 2.00 bits per heavy atom. The monoisotopic (exact) mass is 60.0 g/mol. The van der Waals surface area contributed by atoms with Gasteiger partial charge in [-0.15, -0.1) is 0 Å². The van der Waals surface area contributed by atoms with E-state index in [0.717, 1.165) is 4.74 Å². The van der Waals surface area contributed by atoms with E-state index in [2.05, 4.69) is 6.72 Å². The number of hydrogen-bond acceptors (Lipinski definition) is 1. The predicted octanol–water partition coefficient (Wildman–Crippen LogP) is -0.282. The van der Waals surface area contributed by atoms with Gasteiger partial charge in [0.05, 0.1) is 0 Å². The van der Waals surface area contributed by atoms with Crippen molar-refractivity contribution in [3.05, 3.63) is 0 Å². The fourth-order valence-electron chi connectivity index (χ4n) is 0. The van der Waals surface area contributed by atoms with E-state index in [0.29, 0.717) is 0 Å². The fraction of sp³-hybridized carbons (Fsp3) is 0.500. The first-order chi connectivity index (χ1) is 1.73. The van der Waals surface area contributed by atoms with Crippen LogP contribution in [-0.4, -0.2) is 23.7 Å². The highest BCUT2D eigenvalue weighted by Gasteiger charge is 1.57. The maximum atomic E-state index is 7.78. The second-order valence-corrected chi connectivity index (χ2v) is 0.658. The molecule has 1 N–H and O–H groups in total. The molecule has 4 heavy (non-hydrogen) atoms. The van der Waals surface area contributed by atoms with Crippen molar-refractivity contribution in [2.75, 3.05) is 7.05 Å². The lowest BCUT2D eigenvalue weighted by atomic mass is 11.4. The Balaban J connectivity index is 2.80. The molecule has 2 heteroatoms. The molecular weight excluding hydrogens is 54.0 g/mol. The van der Waals surface area contributed by atoms with Crippen LogP contribution < -0.4 is 0 Å². The zero-order valence-corrected chi connectivity index (χ0v) is 2.60. The van der Waals surface area contributed by atoms with Crippen molar-refractivity contribution in [3.63, 3.8) is 0 Å². The van der Waals surface area contributed by atoms with E-state index < -0.39 is 0 Å². The Bertz CT molecular complexity index is 29.0. The quantitative estimate of drug-likeness (QED) is 0.177. The van der Waals surface area contributed by atoms with Crippen molar-refractivity contribution < 1.29 is 9.95 Å². The lowest BCUT2D eigenvalue weighted by Crippen LogP contribution is -1.88. The van der Waals surface area contributed by atoms with Crippen LogP contribution in [0.3, 0.4) is 0 Å². The van der Waals surface area contributed by atoms with Crippen molar-refractivity contribution >= 4 is 6.72 Å². The van der Waals surface area contributed by atoms with Gasteiger partial charge < -0.3 is 0 Å². The summed E-state index contributed by atoms with van der Waals surface area (Å²) in [4.78, 5) is 0. The molecule has 0 radical (unpaired) electrons. The van der Waals surface area contributed by atoms with Gasteiger partial charge in [0, 0.05) is 0 Å². The van der Waals surface area contributed by atoms with Gasteiger partial charge in [0.25, 0.3) is 0 Å². The standard InChI is InChI=1S/C2H6NO/c1-3(2)4/h4H,1H2,2H3/q+1. The van der Waals surface area contributed by atoms with Crippen LogP contribution in [-0.2, 0) is 0 Å². The summed E-state index contributed by atoms with van der Waals surface area (Å²) in [5.74, 6) is 0. The minimum absolute atomic E-state index is 0.750. The summed E-state index contributed by atoms with van der Waals surface area (Å²) in [5, 5.41) is 7.78. The summed E-state index contributed by atoms with van der Waals surface area (Å²) in [7, 11) is 1.44. The topological polar surface area (TPSA) is 23.2 Å². The van der Waals surface area contributed by atoms with Gasteiger partial charge in [-0.05, 0) is 4.74 Å². The van der Waals surface area contributed by atoms with E-state index in [-0.39, 0.29) is 0 Å². The molecule has 0 spiro atoms. The smallest absolute Gasteiger partial charge is 0.182 e. The maximum Gasteiger partial charge on any atom is 0.182 e. The Kier molecular flexibility index (Phi) is 0.759. The Morgan fingerprint density at radius 2 is 2.00 bits per heavy atom. The molecule has 0 saturated carbocycles. The molecule has 0 heterocycles. The summed E-state index contributed by atoms with van der Waals surface area (Å²) >= 11 is 0. The summed E-state index contributed by atoms with van der Waals surface area (Å²) < 4.78 is 0.750. The van der Waals surface area contributed by atoms with Gasteiger partial charge in [0.1, 0.15) is 0 Å². The Hall–Kier alpha value is -0.530. The molecule has 24 valence electrons. The van der Waals surface area contributed by atoms with Crippen LogP contribution in [0.5, 0.6) is 0 Å². The van der Waals surface area contributed by atoms with Crippen LogP contribution in [0, 0.1) is 0 Å². The van der Waals surface area contributed by atoms with Gasteiger partial charge in [-0.3, -0.25) is 5.21 Å². The third kappa shape index (κ3) is 1.16. The molecule has 0 rings (SSSR count). The molecule has 0 atom stereocenters. The summed E-state index contributed by atoms with van der Waals surface area (Å²) in [6, 6.07) is 0. The summed E-state index contributed by atoms with van der Waals surface area (Å²) in [5.41, 5.74) is 0. The van der Waals surface area contributed by atoms with Crippen molar-refractivity contribution in [2.45, 2.75) is 0 Å². The first kappa shape index (κ1) is 3.47. The molecule has 0 aliphatic rings. The van der Waals surface area contributed by atoms with Gasteiger partial charge in [-0.2, -0.15) is 0 Å². The van der Waals surface area contributed by atoms with E-state index in [9.17, 15) is 0 Å². The van der Waals surface area contributed by atoms with E-state index >= 15 is 0 Å². The lowest BCUT2D eigenvalue weighted by molar-refractivity contribution is -0.748. The van der Waals surface area contributed by atoms with E-state index in [1.165, 1.54) is 7.05 Å². The first-order valence-electron chi connectivity index (χ1n) is 0.963. The van der Waals surface area contributed by atoms with Crippen molar-refractivity contribution in [2.24, 2.45) is 0 Å². The van der Waals surface area contributed by atoms with Crippen molar-refractivity contribution in [1.29, 1.82) is 0 Å². The normalized spacial score (nSPS) is 6.25. The van der Waals surface area contributed by atoms with Crippen LogP contribution >= 0.6 is 0 Å². The van der Waals surface area contributed by atoms with Gasteiger partial charge in [0.2, 0.25) is 0 Å². The van der Waals surface area contributed by atoms with E-state index in [4.69, 9.17) is 5.21 Å². The average Bonchev–Trinajstić information content (AvgIpc) is 0.811. The highest BCUT2D eigenvalue weighted by Crippen LogP contribution is 1.29. The molecule has 0 aromatic carbocycles. The lowest BCUT2D eigenvalue weighted by Gasteiger charge is -1.62. The molecule has 0 unspecified atom stereocenters. The van der Waals surface area contributed by atoms with Crippen LogP contribution in [0.4, 0.5) is 0 Å². The van der Waals surface area contributed by atoms with Crippen LogP contribution in [0.15, 0.2) is 0 Å². The SMILES string of the molecule is C=[N+](C)O. The number of hydroxylamine groups is 1. The Labute approximate surface area is 25.0 Å². The highest BCUT2D eigenvalue weighted by molar-refractivity contribution is 5.13. The second-order valence-electron chi connectivity index (χ2n) is 0.658. The van der Waals surface area contributed by atoms with Crippen molar-refractivity contribution in [1.82, 2.24) is 0 Å². The fourth-order valence-corrected chi connectivity index (χ4v) is 0. The molecule has 2 nitrogen and oxygen atoms in total. The third-order valence-electron chi connectivity index (χ3n) is 0. The minimum atomic E-state index is 0.750. The molecule has 0 fully saturated rings. The second kappa shape index (κ2) is 0.875. The molecule has 0 amide bonds. The zero-order chi connectivity index (χ0) is 3.58. The Morgan fingerprint density at radius 3 is 2.00 bits per heavy atom. The summed E-state index contributed by atoms with van der Waals surface area (Å²) in [6.07, 6.45) is 0. The van der Waals surface area contributed by atoms with Gasteiger partial charge in [-0.25, -0.2) is 0 Å². The van der Waals surface area contributed by atoms with Crippen molar-refractivity contribution in [3.8, 4) is 0 Å². The van der Waals surface area contributed by atoms with Gasteiger partial charge >= 0.3 is 0 Å². The summed E-state index contributed by atoms with van der Waals surface area (Å²) in [6.45, 7) is 3.03. The molecule has 0 aromatic rings. The molecule has 0 bridgehead atoms. The number of hydrogen-bond donors (Lipinski definition) is 1. The largest absolute Gasteiger partial charge is 0.292 e. The maximum absolute atomic E-state index is 7.78. The first-order valence-corrected chi connectivity index (χ1v) is 0.963. The van der Waals surface area contributed by atoms with Crippen LogP contribution in [0.2, 0.25) is 0 Å². The number of nitrogens with zero attached hydrogens (tertiary/aromatic N) is 1. The van der Waals surface area contributed by atoms with Gasteiger partial charge in [-0.1, -0.05) is 0 Å². The molecular formula is C2H6NO+. The highest BCUT2D eigenvalue weighted by atomic mass is 16.5. The van der Waals surface area contributed by atoms with E-state index in [1.54, 1.807) is 0 Å².